The Morgan fingerprint density at radius 3 is 2.21 bits per heavy atom. The molecule has 1 aliphatic rings. The Hall–Kier alpha value is -2.38. The van der Waals surface area contributed by atoms with Gasteiger partial charge in [-0.15, -0.1) is 10.2 Å². The molecule has 1 atom stereocenters. The number of alkyl halides is 6. The molecule has 3 rings (SSSR count). The highest BCUT2D eigenvalue weighted by Gasteiger charge is 2.51. The van der Waals surface area contributed by atoms with Crippen LogP contribution in [0.5, 0.6) is 0 Å². The molecule has 1 aliphatic heterocycles. The lowest BCUT2D eigenvalue weighted by Crippen LogP contribution is -2.54. The Morgan fingerprint density at radius 2 is 1.69 bits per heavy atom. The third-order valence-electron chi connectivity index (χ3n) is 3.84. The maximum absolute atomic E-state index is 13.4. The number of hydrogen-bond donors (Lipinski definition) is 1. The Balaban J connectivity index is 2.11. The van der Waals surface area contributed by atoms with Crippen molar-refractivity contribution in [3.05, 3.63) is 56.6 Å². The van der Waals surface area contributed by atoms with E-state index in [9.17, 15) is 31.1 Å². The molecule has 1 amide bonds. The van der Waals surface area contributed by atoms with Crippen LogP contribution in [0.1, 0.15) is 21.7 Å². The van der Waals surface area contributed by atoms with Crippen molar-refractivity contribution >= 4 is 28.8 Å². The smallest absolute Gasteiger partial charge is 0.306 e. The molecule has 0 bridgehead atoms. The summed E-state index contributed by atoms with van der Waals surface area (Å²) in [5, 5.41) is 3.24. The van der Waals surface area contributed by atoms with Gasteiger partial charge in [-0.25, -0.2) is 5.84 Å². The average molecular weight is 458 g/mol. The van der Waals surface area contributed by atoms with Gasteiger partial charge in [0, 0.05) is 6.54 Å². The van der Waals surface area contributed by atoms with Crippen molar-refractivity contribution in [1.29, 1.82) is 0 Å². The first-order chi connectivity index (χ1) is 13.4. The molecular weight excluding hydrogens is 448 g/mol. The van der Waals surface area contributed by atoms with Crippen LogP contribution in [0.3, 0.4) is 0 Å². The molecule has 1 aromatic heterocycles. The van der Waals surface area contributed by atoms with Gasteiger partial charge in [0.1, 0.15) is 5.03 Å². The van der Waals surface area contributed by atoms with Crippen LogP contribution in [-0.2, 0) is 17.5 Å². The number of nitrogens with two attached hydrogens (primary N) is 1. The minimum atomic E-state index is -5.13. The molecule has 0 fully saturated rings. The van der Waals surface area contributed by atoms with Crippen molar-refractivity contribution in [3.8, 4) is 0 Å². The van der Waals surface area contributed by atoms with Gasteiger partial charge in [-0.3, -0.25) is 9.80 Å². The van der Waals surface area contributed by atoms with E-state index >= 15 is 0 Å². The summed E-state index contributed by atoms with van der Waals surface area (Å²) in [5.41, 5.74) is -1.19. The molecule has 2 heterocycles. The van der Waals surface area contributed by atoms with Gasteiger partial charge in [0.15, 0.2) is 16.9 Å². The van der Waals surface area contributed by atoms with Crippen molar-refractivity contribution in [1.82, 2.24) is 20.1 Å². The van der Waals surface area contributed by atoms with Crippen LogP contribution in [0.2, 0.25) is 0 Å². The van der Waals surface area contributed by atoms with Crippen LogP contribution in [0.4, 0.5) is 26.3 Å². The quantitative estimate of drug-likeness (QED) is 0.561. The molecule has 1 unspecified atom stereocenters. The van der Waals surface area contributed by atoms with Gasteiger partial charge in [0.05, 0.1) is 0 Å². The molecular formula is C15H10ClF6N5OS. The number of rotatable bonds is 3. The van der Waals surface area contributed by atoms with E-state index in [4.69, 9.17) is 17.4 Å². The second-order valence-corrected chi connectivity index (χ2v) is 7.19. The van der Waals surface area contributed by atoms with Crippen molar-refractivity contribution in [2.75, 3.05) is 0 Å². The van der Waals surface area contributed by atoms with E-state index in [0.717, 1.165) is 4.90 Å². The molecule has 29 heavy (non-hydrogen) atoms. The zero-order chi connectivity index (χ0) is 21.6. The highest BCUT2D eigenvalue weighted by molar-refractivity contribution is 7.11. The van der Waals surface area contributed by atoms with Crippen LogP contribution in [0, 0.1) is 0 Å². The lowest BCUT2D eigenvalue weighted by Gasteiger charge is -2.42. The molecule has 0 radical (unpaired) electrons. The van der Waals surface area contributed by atoms with Gasteiger partial charge in [0.2, 0.25) is 5.01 Å². The van der Waals surface area contributed by atoms with Crippen LogP contribution in [-0.4, -0.2) is 32.2 Å². The molecule has 156 valence electrons. The number of hydrazine groups is 1. The molecule has 14 heteroatoms. The fourth-order valence-electron chi connectivity index (χ4n) is 2.64. The van der Waals surface area contributed by atoms with Gasteiger partial charge in [-0.1, -0.05) is 53.3 Å². The lowest BCUT2D eigenvalue weighted by atomic mass is 10.1. The topological polar surface area (TPSA) is 75.3 Å². The minimum Gasteiger partial charge on any atom is -0.306 e. The molecule has 1 aromatic carbocycles. The van der Waals surface area contributed by atoms with E-state index in [1.807, 2.05) is 0 Å². The Labute approximate surface area is 168 Å². The second kappa shape index (κ2) is 7.46. The van der Waals surface area contributed by atoms with Gasteiger partial charge >= 0.3 is 12.4 Å². The molecule has 2 N–H and O–H groups in total. The molecule has 0 aliphatic carbocycles. The van der Waals surface area contributed by atoms with E-state index in [2.05, 4.69) is 10.2 Å². The minimum absolute atomic E-state index is 0.0155. The monoisotopic (exact) mass is 457 g/mol. The summed E-state index contributed by atoms with van der Waals surface area (Å²) in [7, 11) is 0. The van der Waals surface area contributed by atoms with Crippen molar-refractivity contribution in [2.45, 2.75) is 25.1 Å². The number of allylic oxidation sites excluding steroid dienone is 1. The first-order valence-corrected chi connectivity index (χ1v) is 8.87. The lowest BCUT2D eigenvalue weighted by molar-refractivity contribution is -0.151. The third-order valence-corrected chi connectivity index (χ3v) is 5.19. The van der Waals surface area contributed by atoms with Gasteiger partial charge in [0.25, 0.3) is 5.91 Å². The Kier molecular flexibility index (Phi) is 5.49. The summed E-state index contributed by atoms with van der Waals surface area (Å²) in [5.74, 6) is 4.34. The first-order valence-electron chi connectivity index (χ1n) is 7.67. The summed E-state index contributed by atoms with van der Waals surface area (Å²) < 4.78 is 78.9. The maximum Gasteiger partial charge on any atom is 0.445 e. The van der Waals surface area contributed by atoms with E-state index in [1.54, 1.807) is 30.3 Å². The average Bonchev–Trinajstić information content (AvgIpc) is 3.09. The SMILES string of the molecule is NN1C(C(F)(F)F)=C(Cl)C(=O)N(Cc2ccccc2)C1c1nnc(C(F)(F)F)s1. The molecule has 0 saturated heterocycles. The molecule has 0 spiro atoms. The molecule has 6 nitrogen and oxygen atoms in total. The van der Waals surface area contributed by atoms with Crippen LogP contribution >= 0.6 is 22.9 Å². The second-order valence-electron chi connectivity index (χ2n) is 5.80. The number of nitrogens with zero attached hydrogens (tertiary/aromatic N) is 4. The largest absolute Gasteiger partial charge is 0.445 e. The van der Waals surface area contributed by atoms with Crippen molar-refractivity contribution < 1.29 is 31.1 Å². The summed E-state index contributed by atoms with van der Waals surface area (Å²) in [4.78, 5) is 13.4. The normalized spacial score (nSPS) is 18.6. The van der Waals surface area contributed by atoms with Gasteiger partial charge in [-0.05, 0) is 5.56 Å². The van der Waals surface area contributed by atoms with Gasteiger partial charge < -0.3 is 4.90 Å². The standard InChI is InChI=1S/C15H10ClF6N5OS/c16-8-9(14(17,18)19)27(23)11(10-24-25-13(29-10)15(20,21)22)26(12(8)28)6-7-4-2-1-3-5-7/h1-5,11H,6,23H2. The van der Waals surface area contributed by atoms with E-state index in [-0.39, 0.29) is 22.9 Å². The summed E-state index contributed by atoms with van der Waals surface area (Å²) in [6.07, 6.45) is -11.8. The maximum atomic E-state index is 13.4. The Bertz CT molecular complexity index is 945. The number of benzene rings is 1. The van der Waals surface area contributed by atoms with Crippen molar-refractivity contribution in [3.63, 3.8) is 0 Å². The zero-order valence-electron chi connectivity index (χ0n) is 14.0. The van der Waals surface area contributed by atoms with E-state index < -0.39 is 45.2 Å². The first kappa shape index (κ1) is 21.3. The van der Waals surface area contributed by atoms with E-state index in [1.165, 1.54) is 0 Å². The fraction of sp³-hybridized carbons (Fsp3) is 0.267. The van der Waals surface area contributed by atoms with Crippen LogP contribution < -0.4 is 5.84 Å². The molecule has 2 aromatic rings. The number of hydrogen-bond acceptors (Lipinski definition) is 6. The van der Waals surface area contributed by atoms with Crippen LogP contribution in [0.25, 0.3) is 0 Å². The summed E-state index contributed by atoms with van der Waals surface area (Å²) in [6, 6.07) is 8.05. The number of carbonyl (C=O) groups excluding carboxylic acids is 1. The number of amides is 1. The van der Waals surface area contributed by atoms with Crippen molar-refractivity contribution in [2.24, 2.45) is 5.84 Å². The zero-order valence-corrected chi connectivity index (χ0v) is 15.6. The number of halogens is 7. The number of aromatic nitrogens is 2. The van der Waals surface area contributed by atoms with Gasteiger partial charge in [-0.2, -0.15) is 26.3 Å². The third kappa shape index (κ3) is 4.16. The van der Waals surface area contributed by atoms with E-state index in [0.29, 0.717) is 5.56 Å². The highest BCUT2D eigenvalue weighted by atomic mass is 35.5. The highest BCUT2D eigenvalue weighted by Crippen LogP contribution is 2.44. The Morgan fingerprint density at radius 1 is 1.07 bits per heavy atom. The predicted octanol–water partition coefficient (Wildman–Crippen LogP) is 3.79. The number of carbonyl (C=O) groups is 1. The predicted molar refractivity (Wildman–Crippen MR) is 89.6 cm³/mol. The molecule has 0 saturated carbocycles. The fourth-order valence-corrected chi connectivity index (χ4v) is 3.78. The van der Waals surface area contributed by atoms with Crippen LogP contribution in [0.15, 0.2) is 41.1 Å². The summed E-state index contributed by atoms with van der Waals surface area (Å²) >= 11 is 5.62. The summed E-state index contributed by atoms with van der Waals surface area (Å²) in [6.45, 7) is -0.277.